The molecule has 5 heteroatoms. The van der Waals surface area contributed by atoms with Gasteiger partial charge in [-0.2, -0.15) is 0 Å². The number of nitrogens with zero attached hydrogens (tertiary/aromatic N) is 3. The van der Waals surface area contributed by atoms with E-state index in [0.29, 0.717) is 11.6 Å². The highest BCUT2D eigenvalue weighted by atomic mass is 16.1. The molecular weight excluding hydrogens is 348 g/mol. The van der Waals surface area contributed by atoms with Crippen LogP contribution in [0.4, 0.5) is 0 Å². The van der Waals surface area contributed by atoms with Crippen LogP contribution in [0, 0.1) is 11.8 Å². The van der Waals surface area contributed by atoms with E-state index in [9.17, 15) is 4.79 Å². The summed E-state index contributed by atoms with van der Waals surface area (Å²) in [5.41, 5.74) is 2.47. The molecule has 5 heterocycles. The molecule has 1 aromatic carbocycles. The SMILES string of the molecule is C[C@H]1CC(CCN2CCC(n3c(=O)[nH]c4ccccc43)CC2)C2CN1C2(C)C. The molecule has 0 saturated carbocycles. The Morgan fingerprint density at radius 3 is 2.64 bits per heavy atom. The first kappa shape index (κ1) is 18.4. The molecule has 5 nitrogen and oxygen atoms in total. The van der Waals surface area contributed by atoms with E-state index in [1.54, 1.807) is 0 Å². The molecule has 2 bridgehead atoms. The molecule has 4 atom stereocenters. The van der Waals surface area contributed by atoms with E-state index in [0.717, 1.165) is 54.8 Å². The number of nitrogens with one attached hydrogen (secondary N) is 1. The molecule has 28 heavy (non-hydrogen) atoms. The summed E-state index contributed by atoms with van der Waals surface area (Å²) in [5.74, 6) is 1.76. The molecule has 1 N–H and O–H groups in total. The quantitative estimate of drug-likeness (QED) is 0.881. The molecule has 4 aliphatic rings. The Morgan fingerprint density at radius 2 is 1.93 bits per heavy atom. The Labute approximate surface area is 167 Å². The fourth-order valence-corrected chi connectivity index (χ4v) is 6.48. The lowest BCUT2D eigenvalue weighted by molar-refractivity contribution is -0.158. The first-order valence-electron chi connectivity index (χ1n) is 11.1. The van der Waals surface area contributed by atoms with Crippen LogP contribution in [-0.2, 0) is 0 Å². The molecule has 4 aliphatic heterocycles. The van der Waals surface area contributed by atoms with Crippen LogP contribution in [-0.4, -0.2) is 57.1 Å². The van der Waals surface area contributed by atoms with E-state index in [2.05, 4.69) is 41.6 Å². The predicted octanol–water partition coefficient (Wildman–Crippen LogP) is 3.48. The molecule has 0 aliphatic carbocycles. The van der Waals surface area contributed by atoms with Crippen LogP contribution in [0.5, 0.6) is 0 Å². The fraction of sp³-hybridized carbons (Fsp3) is 0.696. The fourth-order valence-electron chi connectivity index (χ4n) is 6.48. The summed E-state index contributed by atoms with van der Waals surface area (Å²) in [6.07, 6.45) is 4.86. The van der Waals surface area contributed by atoms with Gasteiger partial charge in [-0.3, -0.25) is 9.47 Å². The van der Waals surface area contributed by atoms with Crippen molar-refractivity contribution in [2.75, 3.05) is 26.2 Å². The number of hydrogen-bond donors (Lipinski definition) is 1. The maximum atomic E-state index is 12.5. The van der Waals surface area contributed by atoms with Crippen LogP contribution in [0.2, 0.25) is 0 Å². The minimum atomic E-state index is 0.0487. The summed E-state index contributed by atoms with van der Waals surface area (Å²) in [5, 5.41) is 0. The Bertz CT molecular complexity index is 905. The highest BCUT2D eigenvalue weighted by Crippen LogP contribution is 2.50. The van der Waals surface area contributed by atoms with Crippen molar-refractivity contribution in [1.82, 2.24) is 19.4 Å². The van der Waals surface area contributed by atoms with Gasteiger partial charge < -0.3 is 9.88 Å². The van der Waals surface area contributed by atoms with E-state index in [4.69, 9.17) is 0 Å². The molecule has 2 aromatic rings. The zero-order valence-electron chi connectivity index (χ0n) is 17.5. The van der Waals surface area contributed by atoms with E-state index in [1.807, 2.05) is 22.8 Å². The van der Waals surface area contributed by atoms with Crippen LogP contribution in [0.3, 0.4) is 0 Å². The number of hydrogen-bond acceptors (Lipinski definition) is 3. The van der Waals surface area contributed by atoms with Gasteiger partial charge in [0.2, 0.25) is 0 Å². The topological polar surface area (TPSA) is 44.3 Å². The number of likely N-dealkylation sites (tertiary alicyclic amines) is 1. The molecule has 3 unspecified atom stereocenters. The van der Waals surface area contributed by atoms with Gasteiger partial charge in [0.05, 0.1) is 11.0 Å². The molecule has 4 fully saturated rings. The lowest BCUT2D eigenvalue weighted by Crippen LogP contribution is -2.72. The molecule has 152 valence electrons. The van der Waals surface area contributed by atoms with E-state index in [1.165, 1.54) is 25.9 Å². The highest BCUT2D eigenvalue weighted by Gasteiger charge is 2.55. The third-order valence-corrected chi connectivity index (χ3v) is 8.15. The minimum absolute atomic E-state index is 0.0487. The third-order valence-electron chi connectivity index (χ3n) is 8.15. The van der Waals surface area contributed by atoms with Crippen LogP contribution in [0.1, 0.15) is 52.5 Å². The first-order valence-corrected chi connectivity index (χ1v) is 11.1. The Hall–Kier alpha value is -1.59. The number of piperidine rings is 3. The molecule has 6 rings (SSSR count). The predicted molar refractivity (Wildman–Crippen MR) is 114 cm³/mol. The van der Waals surface area contributed by atoms with Crippen molar-refractivity contribution >= 4 is 11.0 Å². The third kappa shape index (κ3) is 2.86. The van der Waals surface area contributed by atoms with Crippen molar-refractivity contribution in [3.05, 3.63) is 34.7 Å². The summed E-state index contributed by atoms with van der Waals surface area (Å²) < 4.78 is 2.00. The van der Waals surface area contributed by atoms with Crippen LogP contribution < -0.4 is 5.69 Å². The van der Waals surface area contributed by atoms with Crippen molar-refractivity contribution in [2.24, 2.45) is 11.8 Å². The first-order chi connectivity index (χ1) is 13.4. The van der Waals surface area contributed by atoms with Crippen molar-refractivity contribution in [1.29, 1.82) is 0 Å². The number of para-hydroxylation sites is 2. The number of rotatable bonds is 4. The summed E-state index contributed by atoms with van der Waals surface area (Å²) in [6.45, 7) is 12.0. The summed E-state index contributed by atoms with van der Waals surface area (Å²) in [4.78, 5) is 20.8. The number of benzene rings is 1. The average Bonchev–Trinajstić information content (AvgIpc) is 3.01. The van der Waals surface area contributed by atoms with Gasteiger partial charge in [0.15, 0.2) is 0 Å². The largest absolute Gasteiger partial charge is 0.326 e. The van der Waals surface area contributed by atoms with E-state index in [-0.39, 0.29) is 5.69 Å². The average molecular weight is 383 g/mol. The maximum Gasteiger partial charge on any atom is 0.326 e. The van der Waals surface area contributed by atoms with E-state index >= 15 is 0 Å². The van der Waals surface area contributed by atoms with Gasteiger partial charge in [0.1, 0.15) is 0 Å². The van der Waals surface area contributed by atoms with Crippen molar-refractivity contribution < 1.29 is 0 Å². The van der Waals surface area contributed by atoms with Gasteiger partial charge in [-0.05, 0) is 77.0 Å². The zero-order valence-corrected chi connectivity index (χ0v) is 17.5. The van der Waals surface area contributed by atoms with Crippen LogP contribution >= 0.6 is 0 Å². The Kier molecular flexibility index (Phi) is 4.44. The van der Waals surface area contributed by atoms with Crippen molar-refractivity contribution in [3.63, 3.8) is 0 Å². The monoisotopic (exact) mass is 382 g/mol. The summed E-state index contributed by atoms with van der Waals surface area (Å²) in [6, 6.07) is 9.14. The maximum absolute atomic E-state index is 12.5. The molecule has 0 spiro atoms. The van der Waals surface area contributed by atoms with Gasteiger partial charge in [-0.1, -0.05) is 12.1 Å². The normalized spacial score (nSPS) is 33.1. The summed E-state index contributed by atoms with van der Waals surface area (Å²) >= 11 is 0. The van der Waals surface area contributed by atoms with Gasteiger partial charge >= 0.3 is 5.69 Å². The van der Waals surface area contributed by atoms with Crippen molar-refractivity contribution in [3.8, 4) is 0 Å². The van der Waals surface area contributed by atoms with Gasteiger partial charge in [0.25, 0.3) is 0 Å². The number of fused-ring (bicyclic) bond motifs is 3. The molecular formula is C23H34N4O. The molecule has 4 saturated heterocycles. The number of imidazole rings is 1. The lowest BCUT2D eigenvalue weighted by Gasteiger charge is -2.65. The second-order valence-corrected chi connectivity index (χ2v) is 9.94. The zero-order chi connectivity index (χ0) is 19.5. The molecule has 0 amide bonds. The standard InChI is InChI=1S/C23H34N4O/c1-16-14-17(19-15-26(16)23(19,2)3)8-11-25-12-9-18(10-13-25)27-21-7-5-4-6-20(21)24-22(27)28/h4-7,16-19H,8-15H2,1-3H3,(H,24,28)/t16-,17?,19?/m0/s1. The lowest BCUT2D eigenvalue weighted by atomic mass is 9.62. The van der Waals surface area contributed by atoms with Crippen LogP contribution in [0.25, 0.3) is 11.0 Å². The highest BCUT2D eigenvalue weighted by molar-refractivity contribution is 5.75. The number of H-pyrrole nitrogens is 1. The smallest absolute Gasteiger partial charge is 0.306 e. The molecule has 1 aromatic heterocycles. The van der Waals surface area contributed by atoms with Gasteiger partial charge in [-0.25, -0.2) is 4.79 Å². The summed E-state index contributed by atoms with van der Waals surface area (Å²) in [7, 11) is 0. The Balaban J connectivity index is 1.19. The van der Waals surface area contributed by atoms with E-state index < -0.39 is 0 Å². The minimum Gasteiger partial charge on any atom is -0.306 e. The van der Waals surface area contributed by atoms with Gasteiger partial charge in [-0.15, -0.1) is 0 Å². The second-order valence-electron chi connectivity index (χ2n) is 9.94. The number of aromatic nitrogens is 2. The number of aromatic amines is 1. The second kappa shape index (κ2) is 6.74. The molecule has 0 radical (unpaired) electrons. The van der Waals surface area contributed by atoms with Crippen molar-refractivity contribution in [2.45, 2.75) is 64.1 Å². The van der Waals surface area contributed by atoms with Crippen LogP contribution in [0.15, 0.2) is 29.1 Å². The Morgan fingerprint density at radius 1 is 1.18 bits per heavy atom. The van der Waals surface area contributed by atoms with Gasteiger partial charge in [0, 0.05) is 37.3 Å².